The van der Waals surface area contributed by atoms with Crippen LogP contribution in [0.2, 0.25) is 5.04 Å². The second-order valence-corrected chi connectivity index (χ2v) is 17.7. The number of fused-ring (bicyclic) bond motifs is 6. The van der Waals surface area contributed by atoms with Gasteiger partial charge in [0, 0.05) is 27.2 Å². The molecule has 2 nitrogen and oxygen atoms in total. The maximum Gasteiger partial charge on any atom is 0.149 e. The van der Waals surface area contributed by atoms with Gasteiger partial charge in [-0.2, -0.15) is 0 Å². The Kier molecular flexibility index (Phi) is 5.89. The van der Waals surface area contributed by atoms with Crippen LogP contribution in [0, 0.1) is 0 Å². The monoisotopic (exact) mass is 573 g/mol. The van der Waals surface area contributed by atoms with Gasteiger partial charge in [0.25, 0.3) is 0 Å². The first kappa shape index (κ1) is 26.1. The molecule has 0 saturated heterocycles. The summed E-state index contributed by atoms with van der Waals surface area (Å²) in [5.74, 6) is 0. The first-order chi connectivity index (χ1) is 21.0. The lowest BCUT2D eigenvalue weighted by atomic mass is 10.1. The van der Waals surface area contributed by atoms with Crippen LogP contribution in [-0.2, 0) is 0 Å². The topological polar surface area (TPSA) is 18.1 Å². The van der Waals surface area contributed by atoms with Gasteiger partial charge < -0.3 is 8.98 Å². The van der Waals surface area contributed by atoms with Crippen molar-refractivity contribution < 1.29 is 4.42 Å². The highest BCUT2D eigenvalue weighted by Crippen LogP contribution is 2.44. The molecule has 1 unspecified atom stereocenters. The molecule has 0 saturated carbocycles. The minimum Gasteiger partial charge on any atom is -0.456 e. The van der Waals surface area contributed by atoms with Crippen molar-refractivity contribution in [3.63, 3.8) is 0 Å². The Labute approximate surface area is 253 Å². The summed E-state index contributed by atoms with van der Waals surface area (Å²) in [5, 5.41) is 9.50. The molecule has 1 atom stereocenters. The molecule has 2 aromatic heterocycles. The van der Waals surface area contributed by atoms with Gasteiger partial charge in [0.05, 0.1) is 11.0 Å². The molecule has 1 aliphatic carbocycles. The van der Waals surface area contributed by atoms with E-state index < -0.39 is 8.07 Å². The molecule has 1 aliphatic rings. The summed E-state index contributed by atoms with van der Waals surface area (Å²) in [6.45, 7) is 7.34. The predicted molar refractivity (Wildman–Crippen MR) is 186 cm³/mol. The largest absolute Gasteiger partial charge is 0.456 e. The van der Waals surface area contributed by atoms with Crippen molar-refractivity contribution in [3.05, 3.63) is 139 Å². The number of rotatable bonds is 4. The van der Waals surface area contributed by atoms with Crippen LogP contribution in [0.4, 0.5) is 0 Å². The summed E-state index contributed by atoms with van der Waals surface area (Å²) in [6, 6.07) is 42.5. The van der Waals surface area contributed by atoms with Gasteiger partial charge in [-0.3, -0.25) is 0 Å². The Hall–Kier alpha value is -4.60. The lowest BCUT2D eigenvalue weighted by molar-refractivity contribution is 0.669. The van der Waals surface area contributed by atoms with E-state index in [-0.39, 0.29) is 5.04 Å². The molecule has 0 aliphatic heterocycles. The van der Waals surface area contributed by atoms with Gasteiger partial charge in [-0.05, 0) is 64.7 Å². The van der Waals surface area contributed by atoms with E-state index in [9.17, 15) is 0 Å². The summed E-state index contributed by atoms with van der Waals surface area (Å²) in [7, 11) is -2.40. The maximum atomic E-state index is 6.48. The van der Waals surface area contributed by atoms with Crippen molar-refractivity contribution in [1.29, 1.82) is 0 Å². The van der Waals surface area contributed by atoms with Crippen LogP contribution in [-0.4, -0.2) is 12.6 Å². The zero-order valence-electron chi connectivity index (χ0n) is 25.0. The van der Waals surface area contributed by atoms with Crippen molar-refractivity contribution in [3.8, 4) is 5.69 Å². The lowest BCUT2D eigenvalue weighted by Gasteiger charge is -2.46. The summed E-state index contributed by atoms with van der Waals surface area (Å²) in [5.41, 5.74) is 5.47. The van der Waals surface area contributed by atoms with E-state index >= 15 is 0 Å². The Morgan fingerprint density at radius 3 is 1.91 bits per heavy atom. The molecule has 0 fully saturated rings. The first-order valence-corrected chi connectivity index (χ1v) is 17.3. The zero-order valence-corrected chi connectivity index (χ0v) is 26.0. The smallest absolute Gasteiger partial charge is 0.149 e. The van der Waals surface area contributed by atoms with Gasteiger partial charge in [0.2, 0.25) is 0 Å². The second-order valence-electron chi connectivity index (χ2n) is 12.9. The van der Waals surface area contributed by atoms with E-state index in [2.05, 4.69) is 159 Å². The summed E-state index contributed by atoms with van der Waals surface area (Å²) >= 11 is 0. The fourth-order valence-electron chi connectivity index (χ4n) is 7.83. The zero-order chi connectivity index (χ0) is 29.2. The van der Waals surface area contributed by atoms with E-state index in [0.717, 1.165) is 29.7 Å². The standard InChI is InChI=1S/C40H35NOSi/c1-40(2,3)43(29-14-6-4-7-15-29,30-16-8-5-9-17-30)31-23-25-39-35(27-31)34-26-28(22-24-38(34)42-39)41-36-20-12-10-18-32(36)33-19-11-13-21-37(33)41/h4-8,10-16,18-27H,9,17H2,1-3H3. The maximum absolute atomic E-state index is 6.48. The minimum absolute atomic E-state index is 0.0622. The number of benzene rings is 5. The van der Waals surface area contributed by atoms with Crippen LogP contribution in [0.5, 0.6) is 0 Å². The molecule has 5 aromatic carbocycles. The first-order valence-electron chi connectivity index (χ1n) is 15.3. The highest BCUT2D eigenvalue weighted by atomic mass is 28.3. The number of hydrogen-bond acceptors (Lipinski definition) is 1. The molecule has 0 bridgehead atoms. The highest BCUT2D eigenvalue weighted by molar-refractivity contribution is 7.09. The molecule has 7 aromatic rings. The molecule has 2 heterocycles. The Morgan fingerprint density at radius 1 is 0.628 bits per heavy atom. The molecule has 210 valence electrons. The number of hydrogen-bond donors (Lipinski definition) is 0. The van der Waals surface area contributed by atoms with Gasteiger partial charge in [0.15, 0.2) is 0 Å². The van der Waals surface area contributed by atoms with Gasteiger partial charge >= 0.3 is 0 Å². The Morgan fingerprint density at radius 2 is 1.26 bits per heavy atom. The SMILES string of the molecule is CC(C)(C)[Si](C1=CC=CCC1)(c1ccccc1)c1ccc2oc3ccc(-n4c5ccccc5c5ccccc54)cc3c2c1. The Balaban J connectivity index is 1.41. The van der Waals surface area contributed by atoms with Crippen molar-refractivity contribution >= 4 is 62.2 Å². The van der Waals surface area contributed by atoms with Crippen LogP contribution >= 0.6 is 0 Å². The van der Waals surface area contributed by atoms with E-state index in [1.54, 1.807) is 5.20 Å². The predicted octanol–water partition coefficient (Wildman–Crippen LogP) is 9.86. The number of allylic oxidation sites excluding steroid dienone is 4. The molecular formula is C40H35NOSi. The Bertz CT molecular complexity index is 2170. The van der Waals surface area contributed by atoms with Crippen LogP contribution in [0.3, 0.4) is 0 Å². The number of para-hydroxylation sites is 2. The third kappa shape index (κ3) is 3.84. The molecule has 3 heteroatoms. The van der Waals surface area contributed by atoms with Gasteiger partial charge in [-0.15, -0.1) is 0 Å². The molecular weight excluding hydrogens is 539 g/mol. The van der Waals surface area contributed by atoms with Gasteiger partial charge in [-0.25, -0.2) is 0 Å². The lowest BCUT2D eigenvalue weighted by Crippen LogP contribution is -2.66. The second kappa shape index (κ2) is 9.72. The fraction of sp³-hybridized carbons (Fsp3) is 0.150. The van der Waals surface area contributed by atoms with Gasteiger partial charge in [-0.1, -0.05) is 123 Å². The van der Waals surface area contributed by atoms with Crippen molar-refractivity contribution in [2.75, 3.05) is 0 Å². The van der Waals surface area contributed by atoms with Crippen LogP contribution in [0.1, 0.15) is 33.6 Å². The number of nitrogens with zero attached hydrogens (tertiary/aromatic N) is 1. The van der Waals surface area contributed by atoms with Crippen LogP contribution < -0.4 is 10.4 Å². The number of furan rings is 1. The van der Waals surface area contributed by atoms with Crippen molar-refractivity contribution in [2.24, 2.45) is 0 Å². The van der Waals surface area contributed by atoms with E-state index in [4.69, 9.17) is 4.42 Å². The molecule has 0 radical (unpaired) electrons. The highest BCUT2D eigenvalue weighted by Gasteiger charge is 2.50. The van der Waals surface area contributed by atoms with Gasteiger partial charge in [0.1, 0.15) is 19.2 Å². The van der Waals surface area contributed by atoms with E-state index in [0.29, 0.717) is 0 Å². The summed E-state index contributed by atoms with van der Waals surface area (Å²) in [6.07, 6.45) is 9.21. The average Bonchev–Trinajstić information content (AvgIpc) is 3.57. The van der Waals surface area contributed by atoms with Crippen LogP contribution in [0.15, 0.2) is 143 Å². The van der Waals surface area contributed by atoms with Crippen molar-refractivity contribution in [1.82, 2.24) is 4.57 Å². The normalized spacial score (nSPS) is 15.4. The van der Waals surface area contributed by atoms with E-state index in [1.807, 2.05) is 0 Å². The third-order valence-electron chi connectivity index (χ3n) is 9.55. The fourth-order valence-corrected chi connectivity index (χ4v) is 13.8. The van der Waals surface area contributed by atoms with Crippen molar-refractivity contribution in [2.45, 2.75) is 38.7 Å². The third-order valence-corrected chi connectivity index (χ3v) is 15.6. The van der Waals surface area contributed by atoms with Crippen LogP contribution in [0.25, 0.3) is 49.4 Å². The molecule has 8 rings (SSSR count). The molecule has 43 heavy (non-hydrogen) atoms. The quantitative estimate of drug-likeness (QED) is 0.192. The molecule has 0 spiro atoms. The minimum atomic E-state index is -2.40. The summed E-state index contributed by atoms with van der Waals surface area (Å²) < 4.78 is 8.88. The molecule has 0 N–H and O–H groups in total. The molecule has 0 amide bonds. The summed E-state index contributed by atoms with van der Waals surface area (Å²) in [4.78, 5) is 0. The average molecular weight is 574 g/mol. The number of aromatic nitrogens is 1. The van der Waals surface area contributed by atoms with E-state index in [1.165, 1.54) is 43.0 Å².